The van der Waals surface area contributed by atoms with Crippen molar-refractivity contribution in [3.63, 3.8) is 0 Å². The Bertz CT molecular complexity index is 1120. The van der Waals surface area contributed by atoms with E-state index < -0.39 is 0 Å². The molecule has 0 saturated heterocycles. The van der Waals surface area contributed by atoms with Crippen LogP contribution >= 0.6 is 23.2 Å². The average molecular weight is 410 g/mol. The van der Waals surface area contributed by atoms with E-state index in [1.807, 2.05) is 72.2 Å². The SMILES string of the molecule is COc1ccccc1-n1c(C)nnc1-c1ccc(-c2cc(Cl)cc(Cl)c2)cc1. The topological polar surface area (TPSA) is 39.9 Å². The quantitative estimate of drug-likeness (QED) is 0.401. The minimum absolute atomic E-state index is 0.609. The number of hydrogen-bond donors (Lipinski definition) is 0. The van der Waals surface area contributed by atoms with Crippen molar-refractivity contribution >= 4 is 23.2 Å². The van der Waals surface area contributed by atoms with Gasteiger partial charge in [-0.15, -0.1) is 10.2 Å². The van der Waals surface area contributed by atoms with Crippen LogP contribution in [0.4, 0.5) is 0 Å². The van der Waals surface area contributed by atoms with Crippen molar-refractivity contribution in [1.82, 2.24) is 14.8 Å². The molecule has 0 amide bonds. The van der Waals surface area contributed by atoms with E-state index >= 15 is 0 Å². The number of methoxy groups -OCH3 is 1. The summed E-state index contributed by atoms with van der Waals surface area (Å²) < 4.78 is 7.50. The van der Waals surface area contributed by atoms with Gasteiger partial charge in [0.05, 0.1) is 12.8 Å². The number of benzene rings is 3. The Morgan fingerprint density at radius 3 is 2.11 bits per heavy atom. The van der Waals surface area contributed by atoms with Crippen LogP contribution in [-0.2, 0) is 0 Å². The molecule has 1 aromatic heterocycles. The summed E-state index contributed by atoms with van der Waals surface area (Å²) in [5.74, 6) is 2.29. The van der Waals surface area contributed by atoms with Crippen molar-refractivity contribution in [2.24, 2.45) is 0 Å². The Morgan fingerprint density at radius 2 is 1.43 bits per heavy atom. The van der Waals surface area contributed by atoms with E-state index in [2.05, 4.69) is 10.2 Å². The summed E-state index contributed by atoms with van der Waals surface area (Å²) in [6.07, 6.45) is 0. The summed E-state index contributed by atoms with van der Waals surface area (Å²) in [6.45, 7) is 1.92. The van der Waals surface area contributed by atoms with Gasteiger partial charge in [-0.2, -0.15) is 0 Å². The molecule has 0 aliphatic carbocycles. The van der Waals surface area contributed by atoms with Gasteiger partial charge in [-0.1, -0.05) is 59.6 Å². The molecule has 0 N–H and O–H groups in total. The molecule has 0 radical (unpaired) electrons. The van der Waals surface area contributed by atoms with Crippen molar-refractivity contribution in [3.8, 4) is 34.0 Å². The lowest BCUT2D eigenvalue weighted by molar-refractivity contribution is 0.412. The third-order valence-electron chi connectivity index (χ3n) is 4.49. The molecular weight excluding hydrogens is 393 g/mol. The van der Waals surface area contributed by atoms with Crippen molar-refractivity contribution < 1.29 is 4.74 Å². The van der Waals surface area contributed by atoms with Crippen LogP contribution in [0, 0.1) is 6.92 Å². The van der Waals surface area contributed by atoms with Gasteiger partial charge < -0.3 is 4.74 Å². The summed E-state index contributed by atoms with van der Waals surface area (Å²) in [5, 5.41) is 9.87. The number of halogens is 2. The predicted octanol–water partition coefficient (Wildman–Crippen LogP) is 6.23. The average Bonchev–Trinajstić information content (AvgIpc) is 3.08. The van der Waals surface area contributed by atoms with Gasteiger partial charge in [0.1, 0.15) is 11.6 Å². The van der Waals surface area contributed by atoms with E-state index in [9.17, 15) is 0 Å². The first-order chi connectivity index (χ1) is 13.6. The van der Waals surface area contributed by atoms with Gasteiger partial charge in [-0.25, -0.2) is 0 Å². The van der Waals surface area contributed by atoms with Gasteiger partial charge in [-0.05, 0) is 48.4 Å². The Labute approximate surface area is 173 Å². The largest absolute Gasteiger partial charge is 0.495 e. The second-order valence-corrected chi connectivity index (χ2v) is 7.19. The van der Waals surface area contributed by atoms with Crippen molar-refractivity contribution in [1.29, 1.82) is 0 Å². The number of hydrogen-bond acceptors (Lipinski definition) is 3. The molecule has 4 nitrogen and oxygen atoms in total. The number of para-hydroxylation sites is 2. The molecule has 0 unspecified atom stereocenters. The molecule has 0 aliphatic rings. The highest BCUT2D eigenvalue weighted by Crippen LogP contribution is 2.31. The van der Waals surface area contributed by atoms with Crippen LogP contribution in [0.3, 0.4) is 0 Å². The molecule has 140 valence electrons. The van der Waals surface area contributed by atoms with Crippen LogP contribution < -0.4 is 4.74 Å². The molecule has 0 bridgehead atoms. The summed E-state index contributed by atoms with van der Waals surface area (Å²) in [4.78, 5) is 0. The highest BCUT2D eigenvalue weighted by Gasteiger charge is 2.16. The molecule has 0 saturated carbocycles. The lowest BCUT2D eigenvalue weighted by Crippen LogP contribution is -2.02. The monoisotopic (exact) mass is 409 g/mol. The Kier molecular flexibility index (Phi) is 5.07. The first-order valence-corrected chi connectivity index (χ1v) is 9.45. The van der Waals surface area contributed by atoms with Crippen LogP contribution in [0.2, 0.25) is 10.0 Å². The lowest BCUT2D eigenvalue weighted by atomic mass is 10.0. The molecule has 4 rings (SSSR count). The van der Waals surface area contributed by atoms with Gasteiger partial charge in [0.2, 0.25) is 0 Å². The van der Waals surface area contributed by atoms with E-state index in [1.165, 1.54) is 0 Å². The maximum atomic E-state index is 6.13. The number of aryl methyl sites for hydroxylation is 1. The van der Waals surface area contributed by atoms with Gasteiger partial charge in [0.25, 0.3) is 0 Å². The van der Waals surface area contributed by atoms with Gasteiger partial charge in [0.15, 0.2) is 5.82 Å². The minimum Gasteiger partial charge on any atom is -0.495 e. The standard InChI is InChI=1S/C22H17Cl2N3O/c1-14-25-26-22(27(14)20-5-3-4-6-21(20)28-2)16-9-7-15(8-10-16)17-11-18(23)13-19(24)12-17/h3-13H,1-2H3. The van der Waals surface area contributed by atoms with Crippen LogP contribution in [0.15, 0.2) is 66.7 Å². The highest BCUT2D eigenvalue weighted by molar-refractivity contribution is 6.35. The predicted molar refractivity (Wildman–Crippen MR) is 114 cm³/mol. The van der Waals surface area contributed by atoms with Crippen LogP contribution in [0.1, 0.15) is 5.82 Å². The molecule has 0 atom stereocenters. The molecular formula is C22H17Cl2N3O. The fourth-order valence-electron chi connectivity index (χ4n) is 3.18. The second kappa shape index (κ2) is 7.66. The molecule has 3 aromatic carbocycles. The zero-order valence-electron chi connectivity index (χ0n) is 15.4. The fraction of sp³-hybridized carbons (Fsp3) is 0.0909. The van der Waals surface area contributed by atoms with E-state index in [-0.39, 0.29) is 0 Å². The number of aromatic nitrogens is 3. The maximum absolute atomic E-state index is 6.13. The molecule has 0 aliphatic heterocycles. The van der Waals surface area contributed by atoms with Crippen molar-refractivity contribution in [2.45, 2.75) is 6.92 Å². The molecule has 0 fully saturated rings. The van der Waals surface area contributed by atoms with Gasteiger partial charge in [0, 0.05) is 15.6 Å². The van der Waals surface area contributed by atoms with Crippen molar-refractivity contribution in [2.75, 3.05) is 7.11 Å². The fourth-order valence-corrected chi connectivity index (χ4v) is 3.71. The number of rotatable bonds is 4. The van der Waals surface area contributed by atoms with E-state index in [4.69, 9.17) is 27.9 Å². The molecule has 0 spiro atoms. The maximum Gasteiger partial charge on any atom is 0.168 e. The van der Waals surface area contributed by atoms with E-state index in [1.54, 1.807) is 13.2 Å². The molecule has 1 heterocycles. The summed E-state index contributed by atoms with van der Waals surface area (Å²) in [6, 6.07) is 21.4. The minimum atomic E-state index is 0.609. The van der Waals surface area contributed by atoms with Crippen molar-refractivity contribution in [3.05, 3.63) is 82.6 Å². The smallest absolute Gasteiger partial charge is 0.168 e. The van der Waals surface area contributed by atoms with Crippen LogP contribution in [0.5, 0.6) is 5.75 Å². The van der Waals surface area contributed by atoms with Crippen LogP contribution in [0.25, 0.3) is 28.2 Å². The number of nitrogens with zero attached hydrogens (tertiary/aromatic N) is 3. The lowest BCUT2D eigenvalue weighted by Gasteiger charge is -2.13. The Hall–Kier alpha value is -2.82. The summed E-state index contributed by atoms with van der Waals surface area (Å²) >= 11 is 12.3. The van der Waals surface area contributed by atoms with E-state index in [0.717, 1.165) is 39.8 Å². The first kappa shape index (κ1) is 18.5. The van der Waals surface area contributed by atoms with Crippen LogP contribution in [-0.4, -0.2) is 21.9 Å². The Morgan fingerprint density at radius 1 is 0.786 bits per heavy atom. The molecule has 28 heavy (non-hydrogen) atoms. The third kappa shape index (κ3) is 3.49. The molecule has 4 aromatic rings. The zero-order valence-corrected chi connectivity index (χ0v) is 16.9. The summed E-state index contributed by atoms with van der Waals surface area (Å²) in [7, 11) is 1.66. The normalized spacial score (nSPS) is 10.9. The third-order valence-corrected chi connectivity index (χ3v) is 4.93. The Balaban J connectivity index is 1.77. The van der Waals surface area contributed by atoms with Gasteiger partial charge in [-0.3, -0.25) is 4.57 Å². The number of ether oxygens (including phenoxy) is 1. The highest BCUT2D eigenvalue weighted by atomic mass is 35.5. The second-order valence-electron chi connectivity index (χ2n) is 6.31. The van der Waals surface area contributed by atoms with Gasteiger partial charge >= 0.3 is 0 Å². The first-order valence-electron chi connectivity index (χ1n) is 8.69. The zero-order chi connectivity index (χ0) is 19.7. The molecule has 6 heteroatoms. The summed E-state index contributed by atoms with van der Waals surface area (Å²) in [5.41, 5.74) is 3.83. The van der Waals surface area contributed by atoms with E-state index in [0.29, 0.717) is 10.0 Å².